The molecule has 5 heteroatoms. The van der Waals surface area contributed by atoms with Gasteiger partial charge in [-0.1, -0.05) is 0 Å². The van der Waals surface area contributed by atoms with E-state index in [1.54, 1.807) is 0 Å². The molecule has 13 heavy (non-hydrogen) atoms. The van der Waals surface area contributed by atoms with Crippen LogP contribution >= 0.6 is 0 Å². The van der Waals surface area contributed by atoms with Gasteiger partial charge < -0.3 is 20.5 Å². The quantitative estimate of drug-likeness (QED) is 0.571. The maximum absolute atomic E-state index is 10.5. The smallest absolute Gasteiger partial charge is 0.405 e. The van der Waals surface area contributed by atoms with Crippen LogP contribution in [0.15, 0.2) is 0 Å². The van der Waals surface area contributed by atoms with E-state index in [-0.39, 0.29) is 6.10 Å². The fraction of sp³-hybridized carbons (Fsp3) is 0.875. The van der Waals surface area contributed by atoms with Crippen LogP contribution in [0.3, 0.4) is 0 Å². The fourth-order valence-corrected chi connectivity index (χ4v) is 1.39. The molecule has 76 valence electrons. The summed E-state index contributed by atoms with van der Waals surface area (Å²) in [6.45, 7) is 5.79. The van der Waals surface area contributed by atoms with Crippen LogP contribution in [0.5, 0.6) is 0 Å². The van der Waals surface area contributed by atoms with Crippen molar-refractivity contribution in [3.8, 4) is 0 Å². The second-order valence-corrected chi connectivity index (χ2v) is 3.72. The monoisotopic (exact) mass is 188 g/mol. The molecular formula is C8H16N2O3. The third kappa shape index (κ3) is 2.86. The van der Waals surface area contributed by atoms with Crippen LogP contribution in [0, 0.1) is 0 Å². The van der Waals surface area contributed by atoms with Crippen molar-refractivity contribution in [3.63, 3.8) is 0 Å². The van der Waals surface area contributed by atoms with E-state index in [4.69, 9.17) is 9.84 Å². The molecule has 5 nitrogen and oxygen atoms in total. The van der Waals surface area contributed by atoms with Gasteiger partial charge in [0.15, 0.2) is 0 Å². The molecule has 1 aliphatic heterocycles. The summed E-state index contributed by atoms with van der Waals surface area (Å²) in [6, 6.07) is 0. The van der Waals surface area contributed by atoms with Gasteiger partial charge in [0, 0.05) is 13.1 Å². The summed E-state index contributed by atoms with van der Waals surface area (Å²) < 4.78 is 5.46. The maximum Gasteiger partial charge on any atom is 0.405 e. The highest BCUT2D eigenvalue weighted by Gasteiger charge is 2.32. The predicted molar refractivity (Wildman–Crippen MR) is 47.8 cm³/mol. The number of ether oxygens (including phenoxy) is 1. The molecule has 1 saturated heterocycles. The van der Waals surface area contributed by atoms with Crippen molar-refractivity contribution in [2.24, 2.45) is 0 Å². The van der Waals surface area contributed by atoms with E-state index >= 15 is 0 Å². The van der Waals surface area contributed by atoms with E-state index in [2.05, 4.69) is 10.6 Å². The number of hydrogen-bond acceptors (Lipinski definition) is 3. The highest BCUT2D eigenvalue weighted by atomic mass is 16.5. The second-order valence-electron chi connectivity index (χ2n) is 3.72. The Bertz CT molecular complexity index is 188. The molecule has 1 amide bonds. The van der Waals surface area contributed by atoms with Gasteiger partial charge in [0.05, 0.1) is 18.2 Å². The largest absolute Gasteiger partial charge is 0.465 e. The number of rotatable bonds is 2. The highest BCUT2D eigenvalue weighted by Crippen LogP contribution is 2.14. The molecule has 1 atom stereocenters. The third-order valence-corrected chi connectivity index (χ3v) is 2.16. The molecule has 1 aliphatic rings. The Morgan fingerprint density at radius 1 is 1.69 bits per heavy atom. The molecule has 0 aromatic rings. The van der Waals surface area contributed by atoms with Crippen molar-refractivity contribution < 1.29 is 14.6 Å². The molecule has 0 aromatic carbocycles. The summed E-state index contributed by atoms with van der Waals surface area (Å²) in [7, 11) is 0. The molecule has 0 radical (unpaired) electrons. The minimum absolute atomic E-state index is 0.0997. The van der Waals surface area contributed by atoms with E-state index < -0.39 is 11.6 Å². The van der Waals surface area contributed by atoms with Crippen LogP contribution in [0.4, 0.5) is 4.79 Å². The zero-order valence-electron chi connectivity index (χ0n) is 7.96. The summed E-state index contributed by atoms with van der Waals surface area (Å²) in [6.07, 6.45) is -1.11. The lowest BCUT2D eigenvalue weighted by molar-refractivity contribution is -0.0208. The SMILES string of the molecule is CC(C)(NC(=O)O)C1CNCCO1. The van der Waals surface area contributed by atoms with Crippen LogP contribution in [0.25, 0.3) is 0 Å². The van der Waals surface area contributed by atoms with Gasteiger partial charge in [-0.2, -0.15) is 0 Å². The predicted octanol–water partition coefficient (Wildman–Crippen LogP) is 0.0210. The lowest BCUT2D eigenvalue weighted by Gasteiger charge is -2.36. The Hall–Kier alpha value is -0.810. The van der Waals surface area contributed by atoms with Crippen molar-refractivity contribution in [1.29, 1.82) is 0 Å². The van der Waals surface area contributed by atoms with Gasteiger partial charge in [0.25, 0.3) is 0 Å². The number of nitrogens with one attached hydrogen (secondary N) is 2. The van der Waals surface area contributed by atoms with Gasteiger partial charge in [-0.3, -0.25) is 0 Å². The maximum atomic E-state index is 10.5. The van der Waals surface area contributed by atoms with Gasteiger partial charge in [-0.25, -0.2) is 4.79 Å². The van der Waals surface area contributed by atoms with E-state index in [1.807, 2.05) is 13.8 Å². The van der Waals surface area contributed by atoms with Gasteiger partial charge in [-0.05, 0) is 13.8 Å². The summed E-state index contributed by atoms with van der Waals surface area (Å²) in [5.41, 5.74) is -0.542. The Morgan fingerprint density at radius 2 is 2.38 bits per heavy atom. The van der Waals surface area contributed by atoms with Crippen LogP contribution in [-0.4, -0.2) is 42.5 Å². The average Bonchev–Trinajstić information content (AvgIpc) is 2.04. The van der Waals surface area contributed by atoms with Crippen LogP contribution in [0.2, 0.25) is 0 Å². The molecule has 1 rings (SSSR count). The van der Waals surface area contributed by atoms with Crippen LogP contribution in [-0.2, 0) is 4.74 Å². The number of morpholine rings is 1. The van der Waals surface area contributed by atoms with Gasteiger partial charge >= 0.3 is 6.09 Å². The Kier molecular flexibility index (Phi) is 3.11. The Morgan fingerprint density at radius 3 is 2.85 bits per heavy atom. The lowest BCUT2D eigenvalue weighted by Crippen LogP contribution is -2.58. The first-order valence-corrected chi connectivity index (χ1v) is 4.36. The molecule has 0 spiro atoms. The first-order valence-electron chi connectivity index (χ1n) is 4.36. The minimum atomic E-state index is -1.01. The molecule has 1 unspecified atom stereocenters. The first-order chi connectivity index (χ1) is 6.02. The van der Waals surface area contributed by atoms with Crippen molar-refractivity contribution in [1.82, 2.24) is 10.6 Å². The lowest BCUT2D eigenvalue weighted by atomic mass is 9.96. The van der Waals surface area contributed by atoms with Gasteiger partial charge in [-0.15, -0.1) is 0 Å². The molecule has 1 heterocycles. The van der Waals surface area contributed by atoms with Crippen molar-refractivity contribution in [3.05, 3.63) is 0 Å². The van der Waals surface area contributed by atoms with Gasteiger partial charge in [0.2, 0.25) is 0 Å². The van der Waals surface area contributed by atoms with Crippen LogP contribution < -0.4 is 10.6 Å². The summed E-state index contributed by atoms with van der Waals surface area (Å²) in [4.78, 5) is 10.5. The normalized spacial score (nSPS) is 24.0. The Labute approximate surface area is 77.5 Å². The second kappa shape index (κ2) is 3.93. The van der Waals surface area contributed by atoms with E-state index in [0.717, 1.165) is 6.54 Å². The summed E-state index contributed by atoms with van der Waals surface area (Å²) >= 11 is 0. The average molecular weight is 188 g/mol. The molecular weight excluding hydrogens is 172 g/mol. The fourth-order valence-electron chi connectivity index (χ4n) is 1.39. The number of carboxylic acid groups (broad SMARTS) is 1. The summed E-state index contributed by atoms with van der Waals surface area (Å²) in [5, 5.41) is 14.2. The van der Waals surface area contributed by atoms with Gasteiger partial charge in [0.1, 0.15) is 0 Å². The standard InChI is InChI=1S/C8H16N2O3/c1-8(2,10-7(11)12)6-5-9-3-4-13-6/h6,9-10H,3-5H2,1-2H3,(H,11,12). The third-order valence-electron chi connectivity index (χ3n) is 2.16. The zero-order valence-corrected chi connectivity index (χ0v) is 7.96. The van der Waals surface area contributed by atoms with Crippen molar-refractivity contribution in [2.45, 2.75) is 25.5 Å². The molecule has 0 bridgehead atoms. The first kappa shape index (κ1) is 10.3. The zero-order chi connectivity index (χ0) is 9.90. The number of hydrogen-bond donors (Lipinski definition) is 3. The van der Waals surface area contributed by atoms with E-state index in [0.29, 0.717) is 13.2 Å². The number of amides is 1. The topological polar surface area (TPSA) is 70.6 Å². The molecule has 0 saturated carbocycles. The van der Waals surface area contributed by atoms with Crippen molar-refractivity contribution >= 4 is 6.09 Å². The Balaban J connectivity index is 2.50. The number of carbonyl (C=O) groups is 1. The van der Waals surface area contributed by atoms with E-state index in [9.17, 15) is 4.79 Å². The molecule has 0 aromatic heterocycles. The minimum Gasteiger partial charge on any atom is -0.465 e. The van der Waals surface area contributed by atoms with Crippen molar-refractivity contribution in [2.75, 3.05) is 19.7 Å². The molecule has 3 N–H and O–H groups in total. The molecule has 1 fully saturated rings. The van der Waals surface area contributed by atoms with E-state index in [1.165, 1.54) is 0 Å². The molecule has 0 aliphatic carbocycles. The van der Waals surface area contributed by atoms with Crippen LogP contribution in [0.1, 0.15) is 13.8 Å². The highest BCUT2D eigenvalue weighted by molar-refractivity contribution is 5.65. The summed E-state index contributed by atoms with van der Waals surface area (Å²) in [5.74, 6) is 0.